The van der Waals surface area contributed by atoms with Gasteiger partial charge in [-0.1, -0.05) is 6.92 Å². The van der Waals surface area contributed by atoms with Gasteiger partial charge in [-0.25, -0.2) is 0 Å². The highest BCUT2D eigenvalue weighted by Crippen LogP contribution is 2.12. The number of piperidine rings is 1. The van der Waals surface area contributed by atoms with E-state index in [-0.39, 0.29) is 0 Å². The number of hydrogen-bond donors (Lipinski definition) is 2. The summed E-state index contributed by atoms with van der Waals surface area (Å²) in [6, 6.07) is 0.542. The third-order valence-corrected chi connectivity index (χ3v) is 4.78. The lowest BCUT2D eigenvalue weighted by atomic mass is 10.1. The minimum absolute atomic E-state index is 0.325. The van der Waals surface area contributed by atoms with Crippen LogP contribution in [0.2, 0.25) is 0 Å². The molecule has 2 fully saturated rings. The molecule has 2 N–H and O–H groups in total. The lowest BCUT2D eigenvalue weighted by Crippen LogP contribution is -2.49. The van der Waals surface area contributed by atoms with Gasteiger partial charge in [0.1, 0.15) is 0 Å². The normalized spacial score (nSPS) is 23.6. The number of ether oxygens (including phenoxy) is 2. The highest BCUT2D eigenvalue weighted by Gasteiger charge is 2.19. The molecule has 0 aromatic rings. The van der Waals surface area contributed by atoms with Gasteiger partial charge in [0.2, 0.25) is 0 Å². The second-order valence-corrected chi connectivity index (χ2v) is 6.82. The molecule has 1 unspecified atom stereocenters. The predicted molar refractivity (Wildman–Crippen MR) is 98.7 cm³/mol. The van der Waals surface area contributed by atoms with E-state index in [9.17, 15) is 0 Å². The van der Waals surface area contributed by atoms with E-state index in [1.54, 1.807) is 0 Å². The van der Waals surface area contributed by atoms with Crippen molar-refractivity contribution in [1.82, 2.24) is 15.5 Å². The van der Waals surface area contributed by atoms with E-state index in [4.69, 9.17) is 9.47 Å². The number of nitrogens with one attached hydrogen (secondary N) is 2. The van der Waals surface area contributed by atoms with Gasteiger partial charge >= 0.3 is 0 Å². The predicted octanol–water partition coefficient (Wildman–Crippen LogP) is 1.61. The first-order chi connectivity index (χ1) is 11.8. The zero-order valence-electron chi connectivity index (χ0n) is 15.6. The minimum Gasteiger partial charge on any atom is -0.379 e. The topological polar surface area (TPSA) is 58.1 Å². The van der Waals surface area contributed by atoms with Gasteiger partial charge in [0.15, 0.2) is 5.96 Å². The summed E-state index contributed by atoms with van der Waals surface area (Å²) in [4.78, 5) is 6.89. The zero-order chi connectivity index (χ0) is 17.0. The van der Waals surface area contributed by atoms with Crippen LogP contribution in [0.3, 0.4) is 0 Å². The maximum absolute atomic E-state index is 5.69. The van der Waals surface area contributed by atoms with Crippen molar-refractivity contribution in [3.63, 3.8) is 0 Å². The van der Waals surface area contributed by atoms with Crippen LogP contribution < -0.4 is 10.6 Å². The molecule has 0 aromatic heterocycles. The molecule has 6 nitrogen and oxygen atoms in total. The molecule has 0 bridgehead atoms. The first-order valence-corrected chi connectivity index (χ1v) is 9.70. The molecule has 140 valence electrons. The Labute approximate surface area is 147 Å². The molecule has 2 rings (SSSR count). The van der Waals surface area contributed by atoms with Crippen LogP contribution in [-0.4, -0.2) is 76.1 Å². The highest BCUT2D eigenvalue weighted by molar-refractivity contribution is 5.79. The third-order valence-electron chi connectivity index (χ3n) is 4.78. The smallest absolute Gasteiger partial charge is 0.191 e. The van der Waals surface area contributed by atoms with Crippen molar-refractivity contribution in [2.24, 2.45) is 4.99 Å². The van der Waals surface area contributed by atoms with Gasteiger partial charge in [-0.2, -0.15) is 0 Å². The van der Waals surface area contributed by atoms with Gasteiger partial charge < -0.3 is 25.0 Å². The number of rotatable bonds is 9. The van der Waals surface area contributed by atoms with Crippen LogP contribution in [0, 0.1) is 0 Å². The van der Waals surface area contributed by atoms with Gasteiger partial charge in [0, 0.05) is 45.9 Å². The number of guanidine groups is 1. The quantitative estimate of drug-likeness (QED) is 0.379. The van der Waals surface area contributed by atoms with Crippen molar-refractivity contribution in [2.45, 2.75) is 57.6 Å². The van der Waals surface area contributed by atoms with E-state index in [0.29, 0.717) is 12.1 Å². The van der Waals surface area contributed by atoms with Crippen LogP contribution >= 0.6 is 0 Å². The second kappa shape index (κ2) is 11.7. The second-order valence-electron chi connectivity index (χ2n) is 6.82. The number of nitrogens with zero attached hydrogens (tertiary/aromatic N) is 2. The van der Waals surface area contributed by atoms with E-state index < -0.39 is 0 Å². The molecule has 0 spiro atoms. The van der Waals surface area contributed by atoms with E-state index in [1.165, 1.54) is 45.3 Å². The monoisotopic (exact) mass is 340 g/mol. The molecular formula is C18H36N4O2. The lowest BCUT2D eigenvalue weighted by Gasteiger charge is -2.32. The SMILES string of the molecule is CCCN1CCC(NC(=NC)NCCCOCC2CCCO2)CC1. The Morgan fingerprint density at radius 3 is 2.79 bits per heavy atom. The molecule has 1 atom stereocenters. The molecule has 0 aliphatic carbocycles. The number of aliphatic imine (C=N–C) groups is 1. The lowest BCUT2D eigenvalue weighted by molar-refractivity contribution is 0.0168. The summed E-state index contributed by atoms with van der Waals surface area (Å²) in [7, 11) is 1.84. The molecule has 0 saturated carbocycles. The summed E-state index contributed by atoms with van der Waals surface area (Å²) in [5, 5.41) is 6.95. The molecular weight excluding hydrogens is 304 g/mol. The third kappa shape index (κ3) is 7.36. The van der Waals surface area contributed by atoms with E-state index in [2.05, 4.69) is 27.4 Å². The average molecular weight is 341 g/mol. The summed E-state index contributed by atoms with van der Waals surface area (Å²) in [5.41, 5.74) is 0. The summed E-state index contributed by atoms with van der Waals surface area (Å²) in [6.45, 7) is 9.17. The zero-order valence-corrected chi connectivity index (χ0v) is 15.6. The molecule has 0 aromatic carbocycles. The maximum atomic E-state index is 5.69. The fourth-order valence-corrected chi connectivity index (χ4v) is 3.38. The summed E-state index contributed by atoms with van der Waals surface area (Å²) in [5.74, 6) is 0.920. The molecule has 6 heteroatoms. The van der Waals surface area contributed by atoms with Gasteiger partial charge in [-0.05, 0) is 45.1 Å². The Hall–Kier alpha value is -0.850. The summed E-state index contributed by atoms with van der Waals surface area (Å²) >= 11 is 0. The van der Waals surface area contributed by atoms with Gasteiger partial charge in [-0.3, -0.25) is 4.99 Å². The van der Waals surface area contributed by atoms with Crippen molar-refractivity contribution in [3.8, 4) is 0 Å². The highest BCUT2D eigenvalue weighted by atomic mass is 16.5. The standard InChI is InChI=1S/C18H36N4O2/c1-3-10-22-11-7-16(8-12-22)21-18(19-2)20-9-5-13-23-15-17-6-4-14-24-17/h16-17H,3-15H2,1-2H3,(H2,19,20,21). The Morgan fingerprint density at radius 2 is 2.12 bits per heavy atom. The van der Waals surface area contributed by atoms with Crippen molar-refractivity contribution < 1.29 is 9.47 Å². The Morgan fingerprint density at radius 1 is 1.29 bits per heavy atom. The van der Waals surface area contributed by atoms with Crippen molar-refractivity contribution >= 4 is 5.96 Å². The molecule has 24 heavy (non-hydrogen) atoms. The molecule has 2 aliphatic rings. The molecule has 2 heterocycles. The number of likely N-dealkylation sites (tertiary alicyclic amines) is 1. The Kier molecular flexibility index (Phi) is 9.46. The van der Waals surface area contributed by atoms with Crippen molar-refractivity contribution in [1.29, 1.82) is 0 Å². The van der Waals surface area contributed by atoms with E-state index in [0.717, 1.165) is 45.2 Å². The Bertz CT molecular complexity index is 351. The molecule has 2 saturated heterocycles. The fourth-order valence-electron chi connectivity index (χ4n) is 3.38. The van der Waals surface area contributed by atoms with Crippen molar-refractivity contribution in [2.75, 3.05) is 53.0 Å². The maximum Gasteiger partial charge on any atom is 0.191 e. The van der Waals surface area contributed by atoms with E-state index in [1.807, 2.05) is 7.05 Å². The van der Waals surface area contributed by atoms with Crippen LogP contribution in [0.4, 0.5) is 0 Å². The summed E-state index contributed by atoms with van der Waals surface area (Å²) < 4.78 is 11.2. The first kappa shape index (κ1) is 19.5. The molecule has 0 amide bonds. The van der Waals surface area contributed by atoms with Crippen LogP contribution in [0.1, 0.15) is 45.4 Å². The van der Waals surface area contributed by atoms with Crippen molar-refractivity contribution in [3.05, 3.63) is 0 Å². The minimum atomic E-state index is 0.325. The van der Waals surface area contributed by atoms with Gasteiger partial charge in [0.05, 0.1) is 12.7 Å². The summed E-state index contributed by atoms with van der Waals surface area (Å²) in [6.07, 6.45) is 7.28. The fraction of sp³-hybridized carbons (Fsp3) is 0.944. The first-order valence-electron chi connectivity index (χ1n) is 9.70. The van der Waals surface area contributed by atoms with Crippen LogP contribution in [-0.2, 0) is 9.47 Å². The average Bonchev–Trinajstić information content (AvgIpc) is 3.12. The van der Waals surface area contributed by atoms with Crippen LogP contribution in [0.15, 0.2) is 4.99 Å². The molecule has 0 radical (unpaired) electrons. The largest absolute Gasteiger partial charge is 0.379 e. The van der Waals surface area contributed by atoms with E-state index >= 15 is 0 Å². The Balaban J connectivity index is 1.49. The number of hydrogen-bond acceptors (Lipinski definition) is 4. The molecule has 2 aliphatic heterocycles. The van der Waals surface area contributed by atoms with Gasteiger partial charge in [0.25, 0.3) is 0 Å². The van der Waals surface area contributed by atoms with Crippen LogP contribution in [0.25, 0.3) is 0 Å². The van der Waals surface area contributed by atoms with Crippen LogP contribution in [0.5, 0.6) is 0 Å². The van der Waals surface area contributed by atoms with Gasteiger partial charge in [-0.15, -0.1) is 0 Å².